The molecule has 5 heteroatoms. The lowest BCUT2D eigenvalue weighted by atomic mass is 10.1. The summed E-state index contributed by atoms with van der Waals surface area (Å²) < 4.78 is 24.4. The lowest BCUT2D eigenvalue weighted by molar-refractivity contribution is 0.299. The van der Waals surface area contributed by atoms with Crippen LogP contribution in [0.5, 0.6) is 0 Å². The molecule has 146 valence electrons. The maximum Gasteiger partial charge on any atom is 0.0693 e. The SMILES string of the molecule is CCCCCCCC[S@@](=O)C[C@@H](CO)[S@@](=O)CCCCCCCC. The summed E-state index contributed by atoms with van der Waals surface area (Å²) in [6.45, 7) is 4.30. The normalized spacial score (nSPS) is 15.3. The number of rotatable bonds is 18. The zero-order valence-electron chi connectivity index (χ0n) is 16.0. The Balaban J connectivity index is 3.77. The molecule has 1 N–H and O–H groups in total. The fourth-order valence-electron chi connectivity index (χ4n) is 2.74. The lowest BCUT2D eigenvalue weighted by Crippen LogP contribution is -2.29. The predicted octanol–water partition coefficient (Wildman–Crippen LogP) is 4.57. The van der Waals surface area contributed by atoms with Gasteiger partial charge < -0.3 is 5.11 Å². The Morgan fingerprint density at radius 3 is 1.67 bits per heavy atom. The molecule has 0 aromatic carbocycles. The summed E-state index contributed by atoms with van der Waals surface area (Å²) in [5.41, 5.74) is 0. The molecule has 0 aromatic rings. The van der Waals surface area contributed by atoms with Gasteiger partial charge in [-0.15, -0.1) is 0 Å². The van der Waals surface area contributed by atoms with Crippen LogP contribution in [-0.2, 0) is 21.6 Å². The molecule has 0 saturated carbocycles. The molecule has 0 radical (unpaired) electrons. The van der Waals surface area contributed by atoms with Crippen molar-refractivity contribution >= 4 is 21.6 Å². The minimum Gasteiger partial charge on any atom is -0.395 e. The first-order chi connectivity index (χ1) is 11.7. The van der Waals surface area contributed by atoms with Gasteiger partial charge in [-0.05, 0) is 12.8 Å². The van der Waals surface area contributed by atoms with Crippen molar-refractivity contribution in [1.29, 1.82) is 0 Å². The first kappa shape index (κ1) is 24.3. The van der Waals surface area contributed by atoms with Crippen LogP contribution in [0.25, 0.3) is 0 Å². The highest BCUT2D eigenvalue weighted by molar-refractivity contribution is 7.89. The second-order valence-electron chi connectivity index (χ2n) is 6.74. The molecule has 0 spiro atoms. The molecule has 0 unspecified atom stereocenters. The Bertz CT molecular complexity index is 322. The molecule has 0 aliphatic rings. The Kier molecular flexibility index (Phi) is 18.3. The van der Waals surface area contributed by atoms with E-state index in [1.54, 1.807) is 0 Å². The van der Waals surface area contributed by atoms with Crippen LogP contribution in [0.15, 0.2) is 0 Å². The molecule has 0 aromatic heterocycles. The van der Waals surface area contributed by atoms with E-state index in [-0.39, 0.29) is 11.9 Å². The van der Waals surface area contributed by atoms with Crippen LogP contribution in [0.4, 0.5) is 0 Å². The average Bonchev–Trinajstić information content (AvgIpc) is 2.58. The molecule has 0 aliphatic carbocycles. The standard InChI is InChI=1S/C19H40O3S2/c1-3-5-7-9-11-13-15-23(21)18-19(17-20)24(22)16-14-12-10-8-6-4-2/h19-20H,3-18H2,1-2H3/t19-,23-,24+/m1/s1. The lowest BCUT2D eigenvalue weighted by Gasteiger charge is -2.13. The summed E-state index contributed by atoms with van der Waals surface area (Å²) in [5.74, 6) is 1.73. The van der Waals surface area contributed by atoms with Gasteiger partial charge in [-0.2, -0.15) is 0 Å². The van der Waals surface area contributed by atoms with Crippen LogP contribution >= 0.6 is 0 Å². The Hall–Kier alpha value is 0.260. The van der Waals surface area contributed by atoms with E-state index in [0.717, 1.165) is 25.7 Å². The van der Waals surface area contributed by atoms with Gasteiger partial charge in [0.15, 0.2) is 0 Å². The maximum atomic E-state index is 12.3. The van der Waals surface area contributed by atoms with E-state index in [1.165, 1.54) is 51.4 Å². The highest BCUT2D eigenvalue weighted by Crippen LogP contribution is 2.10. The van der Waals surface area contributed by atoms with Crippen molar-refractivity contribution in [2.75, 3.05) is 23.9 Å². The highest BCUT2D eigenvalue weighted by Gasteiger charge is 2.18. The van der Waals surface area contributed by atoms with Crippen LogP contribution in [0.3, 0.4) is 0 Å². The highest BCUT2D eigenvalue weighted by atomic mass is 32.2. The first-order valence-electron chi connectivity index (χ1n) is 9.98. The summed E-state index contributed by atoms with van der Waals surface area (Å²) in [7, 11) is -1.98. The molecule has 0 amide bonds. The van der Waals surface area contributed by atoms with Crippen LogP contribution in [0.1, 0.15) is 90.9 Å². The third-order valence-corrected chi connectivity index (χ3v) is 7.85. The van der Waals surface area contributed by atoms with E-state index in [4.69, 9.17) is 0 Å². The van der Waals surface area contributed by atoms with Crippen molar-refractivity contribution in [2.45, 2.75) is 96.1 Å². The zero-order chi connectivity index (χ0) is 18.0. The summed E-state index contributed by atoms with van der Waals surface area (Å²) in [6, 6.07) is 0. The van der Waals surface area contributed by atoms with Crippen LogP contribution in [-0.4, -0.2) is 42.6 Å². The van der Waals surface area contributed by atoms with Crippen molar-refractivity contribution in [3.05, 3.63) is 0 Å². The number of hydrogen-bond donors (Lipinski definition) is 1. The molecule has 0 bridgehead atoms. The second-order valence-corrected chi connectivity index (χ2v) is 10.2. The van der Waals surface area contributed by atoms with Crippen LogP contribution in [0.2, 0.25) is 0 Å². The summed E-state index contributed by atoms with van der Waals surface area (Å²) >= 11 is 0. The van der Waals surface area contributed by atoms with Crippen molar-refractivity contribution in [1.82, 2.24) is 0 Å². The Morgan fingerprint density at radius 2 is 1.17 bits per heavy atom. The van der Waals surface area contributed by atoms with Crippen LogP contribution < -0.4 is 0 Å². The first-order valence-corrected chi connectivity index (χ1v) is 12.9. The van der Waals surface area contributed by atoms with Gasteiger partial charge in [-0.25, -0.2) is 0 Å². The van der Waals surface area contributed by atoms with E-state index >= 15 is 0 Å². The fraction of sp³-hybridized carbons (Fsp3) is 1.00. The number of hydrogen-bond acceptors (Lipinski definition) is 3. The minimum absolute atomic E-state index is 0.106. The molecule has 0 heterocycles. The second kappa shape index (κ2) is 18.1. The third kappa shape index (κ3) is 14.6. The molecule has 24 heavy (non-hydrogen) atoms. The smallest absolute Gasteiger partial charge is 0.0693 e. The van der Waals surface area contributed by atoms with Gasteiger partial charge in [0.05, 0.1) is 11.9 Å². The van der Waals surface area contributed by atoms with Gasteiger partial charge in [0.2, 0.25) is 0 Å². The Labute approximate surface area is 155 Å². The molecular formula is C19H40O3S2. The van der Waals surface area contributed by atoms with Crippen molar-refractivity contribution in [3.8, 4) is 0 Å². The monoisotopic (exact) mass is 380 g/mol. The van der Waals surface area contributed by atoms with Gasteiger partial charge in [0.25, 0.3) is 0 Å². The van der Waals surface area contributed by atoms with Gasteiger partial charge in [-0.3, -0.25) is 8.42 Å². The van der Waals surface area contributed by atoms with Crippen molar-refractivity contribution in [3.63, 3.8) is 0 Å². The largest absolute Gasteiger partial charge is 0.395 e. The van der Waals surface area contributed by atoms with E-state index < -0.39 is 21.6 Å². The quantitative estimate of drug-likeness (QED) is 0.354. The molecule has 0 rings (SSSR count). The third-order valence-electron chi connectivity index (χ3n) is 4.37. The van der Waals surface area contributed by atoms with Crippen molar-refractivity contribution < 1.29 is 13.5 Å². The fourth-order valence-corrected chi connectivity index (χ4v) is 6.00. The number of aliphatic hydroxyl groups is 1. The van der Waals surface area contributed by atoms with E-state index in [1.807, 2.05) is 0 Å². The summed E-state index contributed by atoms with van der Waals surface area (Å²) in [5, 5.41) is 9.16. The topological polar surface area (TPSA) is 54.4 Å². The minimum atomic E-state index is -1.04. The maximum absolute atomic E-state index is 12.3. The molecule has 0 saturated heterocycles. The number of unbranched alkanes of at least 4 members (excludes halogenated alkanes) is 10. The van der Waals surface area contributed by atoms with Crippen LogP contribution in [0, 0.1) is 0 Å². The van der Waals surface area contributed by atoms with Gasteiger partial charge >= 0.3 is 0 Å². The predicted molar refractivity (Wildman–Crippen MR) is 109 cm³/mol. The van der Waals surface area contributed by atoms with Gasteiger partial charge in [0, 0.05) is 38.9 Å². The summed E-state index contributed by atoms with van der Waals surface area (Å²) in [6.07, 6.45) is 14.2. The molecule has 3 atom stereocenters. The molecular weight excluding hydrogens is 340 g/mol. The molecule has 3 nitrogen and oxygen atoms in total. The average molecular weight is 381 g/mol. The van der Waals surface area contributed by atoms with E-state index in [0.29, 0.717) is 17.3 Å². The van der Waals surface area contributed by atoms with E-state index in [2.05, 4.69) is 13.8 Å². The molecule has 0 fully saturated rings. The van der Waals surface area contributed by atoms with E-state index in [9.17, 15) is 13.5 Å². The zero-order valence-corrected chi connectivity index (χ0v) is 17.6. The van der Waals surface area contributed by atoms with Crippen molar-refractivity contribution in [2.24, 2.45) is 0 Å². The summed E-state index contributed by atoms with van der Waals surface area (Å²) in [4.78, 5) is 0. The number of aliphatic hydroxyl groups excluding tert-OH is 1. The Morgan fingerprint density at radius 1 is 0.708 bits per heavy atom. The molecule has 0 aliphatic heterocycles. The van der Waals surface area contributed by atoms with Gasteiger partial charge in [0.1, 0.15) is 0 Å². The van der Waals surface area contributed by atoms with Gasteiger partial charge in [-0.1, -0.05) is 78.1 Å².